The van der Waals surface area contributed by atoms with E-state index in [0.717, 1.165) is 24.8 Å². The van der Waals surface area contributed by atoms with Gasteiger partial charge in [-0.1, -0.05) is 18.2 Å². The molecule has 3 nitrogen and oxygen atoms in total. The van der Waals surface area contributed by atoms with Gasteiger partial charge in [0.1, 0.15) is 6.29 Å². The van der Waals surface area contributed by atoms with E-state index in [1.807, 2.05) is 0 Å². The molecule has 2 heterocycles. The monoisotopic (exact) mass is 252 g/mol. The van der Waals surface area contributed by atoms with Crippen LogP contribution in [-0.2, 0) is 11.2 Å². The van der Waals surface area contributed by atoms with Gasteiger partial charge in [0, 0.05) is 41.2 Å². The summed E-state index contributed by atoms with van der Waals surface area (Å²) in [6, 6.07) is 6.90. The Hall–Kier alpha value is -1.87. The van der Waals surface area contributed by atoms with E-state index in [-0.39, 0.29) is 0 Å². The number of aromatic amines is 1. The molecule has 3 heteroatoms. The molecule has 2 aliphatic rings. The number of nitrogens with one attached hydrogen (secondary N) is 1. The van der Waals surface area contributed by atoms with E-state index >= 15 is 0 Å². The standard InChI is InChI=1S/C16H16N2O/c1-18-8-10(9-19)5-13-12-3-2-4-14-16(12)11(7-17-14)6-15(13)18/h2-5,7,9,13,15,17H,6,8H2,1H3/t13-,15-/m1/s1. The fourth-order valence-electron chi connectivity index (χ4n) is 3.68. The van der Waals surface area contributed by atoms with Crippen molar-refractivity contribution in [2.24, 2.45) is 0 Å². The number of rotatable bonds is 1. The molecular formula is C16H16N2O. The van der Waals surface area contributed by atoms with Crippen LogP contribution in [-0.4, -0.2) is 35.8 Å². The normalized spacial score (nSPS) is 26.1. The minimum Gasteiger partial charge on any atom is -0.361 e. The second-order valence-corrected chi connectivity index (χ2v) is 5.66. The number of hydrogen-bond acceptors (Lipinski definition) is 2. The average molecular weight is 252 g/mol. The van der Waals surface area contributed by atoms with Crippen LogP contribution in [0, 0.1) is 0 Å². The Balaban J connectivity index is 1.97. The minimum atomic E-state index is 0.339. The van der Waals surface area contributed by atoms with Crippen molar-refractivity contribution in [2.45, 2.75) is 18.4 Å². The van der Waals surface area contributed by atoms with Gasteiger partial charge in [0.25, 0.3) is 0 Å². The van der Waals surface area contributed by atoms with E-state index in [0.29, 0.717) is 12.0 Å². The van der Waals surface area contributed by atoms with Gasteiger partial charge in [-0.3, -0.25) is 9.69 Å². The van der Waals surface area contributed by atoms with Gasteiger partial charge < -0.3 is 4.98 Å². The molecule has 96 valence electrons. The van der Waals surface area contributed by atoms with Crippen LogP contribution in [0.3, 0.4) is 0 Å². The van der Waals surface area contributed by atoms with Gasteiger partial charge in [0.2, 0.25) is 0 Å². The molecule has 4 rings (SSSR count). The molecule has 0 saturated heterocycles. The number of hydrogen-bond donors (Lipinski definition) is 1. The summed E-state index contributed by atoms with van der Waals surface area (Å²) in [7, 11) is 2.12. The maximum Gasteiger partial charge on any atom is 0.147 e. The molecule has 0 fully saturated rings. The number of H-pyrrole nitrogens is 1. The summed E-state index contributed by atoms with van der Waals surface area (Å²) in [4.78, 5) is 16.8. The van der Waals surface area contributed by atoms with Crippen LogP contribution in [0.25, 0.3) is 10.9 Å². The first kappa shape index (κ1) is 11.0. The highest BCUT2D eigenvalue weighted by molar-refractivity contribution is 5.89. The third kappa shape index (κ3) is 1.45. The Kier molecular flexibility index (Phi) is 2.21. The molecule has 0 unspecified atom stereocenters. The number of nitrogens with zero attached hydrogens (tertiary/aromatic N) is 1. The van der Waals surface area contributed by atoms with E-state index in [4.69, 9.17) is 0 Å². The molecule has 0 saturated carbocycles. The third-order valence-electron chi connectivity index (χ3n) is 4.57. The average Bonchev–Trinajstić information content (AvgIpc) is 2.85. The lowest BCUT2D eigenvalue weighted by Gasteiger charge is -2.40. The summed E-state index contributed by atoms with van der Waals surface area (Å²) in [6.07, 6.45) is 6.36. The number of benzene rings is 1. The molecule has 1 N–H and O–H groups in total. The first-order chi connectivity index (χ1) is 9.28. The van der Waals surface area contributed by atoms with Crippen molar-refractivity contribution in [3.05, 3.63) is 47.2 Å². The SMILES string of the molecule is CN1CC(C=O)=C[C@@H]2c3cccc4[nH]cc(c34)C[C@H]21. The zero-order valence-electron chi connectivity index (χ0n) is 10.9. The number of aldehydes is 1. The molecule has 19 heavy (non-hydrogen) atoms. The third-order valence-corrected chi connectivity index (χ3v) is 4.57. The van der Waals surface area contributed by atoms with Gasteiger partial charge in [-0.25, -0.2) is 0 Å². The first-order valence-electron chi connectivity index (χ1n) is 6.73. The number of carbonyl (C=O) groups is 1. The number of fused-ring (bicyclic) bond motifs is 2. The topological polar surface area (TPSA) is 36.1 Å². The van der Waals surface area contributed by atoms with Gasteiger partial charge in [-0.05, 0) is 30.7 Å². The van der Waals surface area contributed by atoms with Crippen LogP contribution in [0.2, 0.25) is 0 Å². The molecule has 0 radical (unpaired) electrons. The van der Waals surface area contributed by atoms with Crippen LogP contribution < -0.4 is 0 Å². The first-order valence-corrected chi connectivity index (χ1v) is 6.73. The summed E-state index contributed by atoms with van der Waals surface area (Å²) in [6.45, 7) is 0.764. The maximum absolute atomic E-state index is 11.1. The zero-order chi connectivity index (χ0) is 13.0. The molecule has 0 bridgehead atoms. The van der Waals surface area contributed by atoms with Crippen molar-refractivity contribution < 1.29 is 4.79 Å². The summed E-state index contributed by atoms with van der Waals surface area (Å²) < 4.78 is 0. The molecule has 0 spiro atoms. The van der Waals surface area contributed by atoms with Crippen LogP contribution in [0.5, 0.6) is 0 Å². The maximum atomic E-state index is 11.1. The Labute approximate surface area is 111 Å². The van der Waals surface area contributed by atoms with Gasteiger partial charge >= 0.3 is 0 Å². The van der Waals surface area contributed by atoms with Crippen molar-refractivity contribution in [1.29, 1.82) is 0 Å². The lowest BCUT2D eigenvalue weighted by Crippen LogP contribution is -2.43. The zero-order valence-corrected chi connectivity index (χ0v) is 10.9. The quantitative estimate of drug-likeness (QED) is 0.790. The molecule has 1 aliphatic heterocycles. The highest BCUT2D eigenvalue weighted by Crippen LogP contribution is 2.41. The van der Waals surface area contributed by atoms with Crippen molar-refractivity contribution in [3.8, 4) is 0 Å². The smallest absolute Gasteiger partial charge is 0.147 e. The second-order valence-electron chi connectivity index (χ2n) is 5.66. The molecule has 2 aromatic rings. The van der Waals surface area contributed by atoms with E-state index in [2.05, 4.69) is 47.4 Å². The predicted molar refractivity (Wildman–Crippen MR) is 75.3 cm³/mol. The predicted octanol–water partition coefficient (Wildman–Crippen LogP) is 2.25. The lowest BCUT2D eigenvalue weighted by molar-refractivity contribution is -0.105. The van der Waals surface area contributed by atoms with Crippen molar-refractivity contribution in [3.63, 3.8) is 0 Å². The van der Waals surface area contributed by atoms with E-state index in [1.165, 1.54) is 22.0 Å². The van der Waals surface area contributed by atoms with Crippen molar-refractivity contribution in [2.75, 3.05) is 13.6 Å². The lowest BCUT2D eigenvalue weighted by atomic mass is 9.77. The number of likely N-dealkylation sites (N-methyl/N-ethyl adjacent to an activating group) is 1. The molecular weight excluding hydrogens is 236 g/mol. The summed E-state index contributed by atoms with van der Waals surface area (Å²) >= 11 is 0. The Bertz CT molecular complexity index is 698. The van der Waals surface area contributed by atoms with Crippen molar-refractivity contribution in [1.82, 2.24) is 9.88 Å². The highest BCUT2D eigenvalue weighted by Gasteiger charge is 2.35. The minimum absolute atomic E-state index is 0.339. The molecule has 1 aromatic carbocycles. The van der Waals surface area contributed by atoms with Crippen LogP contribution in [0.4, 0.5) is 0 Å². The Morgan fingerprint density at radius 3 is 3.16 bits per heavy atom. The van der Waals surface area contributed by atoms with Gasteiger partial charge in [0.15, 0.2) is 0 Å². The fraction of sp³-hybridized carbons (Fsp3) is 0.312. The van der Waals surface area contributed by atoms with E-state index < -0.39 is 0 Å². The molecule has 2 atom stereocenters. The van der Waals surface area contributed by atoms with Gasteiger partial charge in [-0.15, -0.1) is 0 Å². The number of aromatic nitrogens is 1. The molecule has 1 aromatic heterocycles. The van der Waals surface area contributed by atoms with Crippen LogP contribution in [0.15, 0.2) is 36.0 Å². The largest absolute Gasteiger partial charge is 0.361 e. The van der Waals surface area contributed by atoms with E-state index in [9.17, 15) is 4.79 Å². The summed E-state index contributed by atoms with van der Waals surface area (Å²) in [5.41, 5.74) is 4.87. The summed E-state index contributed by atoms with van der Waals surface area (Å²) in [5, 5.41) is 1.36. The van der Waals surface area contributed by atoms with Gasteiger partial charge in [-0.2, -0.15) is 0 Å². The van der Waals surface area contributed by atoms with E-state index in [1.54, 1.807) is 0 Å². The van der Waals surface area contributed by atoms with Gasteiger partial charge in [0.05, 0.1) is 0 Å². The molecule has 0 amide bonds. The van der Waals surface area contributed by atoms with Crippen LogP contribution >= 0.6 is 0 Å². The Morgan fingerprint density at radius 1 is 1.42 bits per heavy atom. The summed E-state index contributed by atoms with van der Waals surface area (Å²) in [5.74, 6) is 0.339. The van der Waals surface area contributed by atoms with Crippen LogP contribution in [0.1, 0.15) is 17.0 Å². The van der Waals surface area contributed by atoms with Crippen molar-refractivity contribution >= 4 is 17.2 Å². The molecule has 1 aliphatic carbocycles. The fourth-order valence-corrected chi connectivity index (χ4v) is 3.68. The highest BCUT2D eigenvalue weighted by atomic mass is 16.1. The Morgan fingerprint density at radius 2 is 2.32 bits per heavy atom. The second kappa shape index (κ2) is 3.81. The number of carbonyl (C=O) groups excluding carboxylic acids is 1.